The molecule has 2 heterocycles. The van der Waals surface area contributed by atoms with Gasteiger partial charge in [0.1, 0.15) is 0 Å². The molecule has 108 valence electrons. The van der Waals surface area contributed by atoms with Gasteiger partial charge < -0.3 is 10.2 Å². The maximum Gasteiger partial charge on any atom is 0.318 e. The van der Waals surface area contributed by atoms with Crippen LogP contribution in [0.3, 0.4) is 0 Å². The van der Waals surface area contributed by atoms with Crippen molar-refractivity contribution in [2.45, 2.75) is 32.0 Å². The number of likely N-dealkylation sites (tertiary alicyclic amines) is 1. The second-order valence-electron chi connectivity index (χ2n) is 5.50. The van der Waals surface area contributed by atoms with Crippen LogP contribution in [0, 0.1) is 0 Å². The average molecular weight is 294 g/mol. The van der Waals surface area contributed by atoms with E-state index in [2.05, 4.69) is 22.3 Å². The number of amides is 2. The summed E-state index contributed by atoms with van der Waals surface area (Å²) >= 11 is 5.93. The summed E-state index contributed by atoms with van der Waals surface area (Å²) in [6.07, 6.45) is 3.72. The van der Waals surface area contributed by atoms with Gasteiger partial charge in [0.05, 0.1) is 6.17 Å². The molecule has 3 rings (SSSR count). The molecular formula is C15H20ClN3O. The number of nitrogens with zero attached hydrogens (tertiary/aromatic N) is 2. The molecule has 0 spiro atoms. The second kappa shape index (κ2) is 6.02. The van der Waals surface area contributed by atoms with Crippen molar-refractivity contribution in [2.75, 3.05) is 19.6 Å². The lowest BCUT2D eigenvalue weighted by Crippen LogP contribution is -2.51. The van der Waals surface area contributed by atoms with Gasteiger partial charge in [-0.2, -0.15) is 0 Å². The number of urea groups is 1. The first-order valence-corrected chi connectivity index (χ1v) is 7.65. The van der Waals surface area contributed by atoms with Gasteiger partial charge in [0.25, 0.3) is 0 Å². The summed E-state index contributed by atoms with van der Waals surface area (Å²) in [5.74, 6) is 0. The lowest BCUT2D eigenvalue weighted by atomic mass is 10.1. The third-order valence-corrected chi connectivity index (χ3v) is 4.38. The van der Waals surface area contributed by atoms with Crippen molar-refractivity contribution in [3.8, 4) is 0 Å². The van der Waals surface area contributed by atoms with Crippen LogP contribution < -0.4 is 5.32 Å². The zero-order chi connectivity index (χ0) is 13.9. The number of rotatable bonds is 3. The van der Waals surface area contributed by atoms with Crippen molar-refractivity contribution in [1.29, 1.82) is 0 Å². The van der Waals surface area contributed by atoms with Crippen molar-refractivity contribution in [2.24, 2.45) is 0 Å². The van der Waals surface area contributed by atoms with E-state index in [4.69, 9.17) is 11.6 Å². The molecule has 5 heteroatoms. The van der Waals surface area contributed by atoms with Crippen molar-refractivity contribution in [3.05, 3.63) is 34.9 Å². The molecule has 0 bridgehead atoms. The Morgan fingerprint density at radius 2 is 2.00 bits per heavy atom. The average Bonchev–Trinajstić information content (AvgIpc) is 2.88. The third-order valence-electron chi connectivity index (χ3n) is 4.13. The highest BCUT2D eigenvalue weighted by Crippen LogP contribution is 2.24. The van der Waals surface area contributed by atoms with Crippen LogP contribution in [0.15, 0.2) is 24.3 Å². The number of carbonyl (C=O) groups is 1. The number of halogens is 1. The largest absolute Gasteiger partial charge is 0.336 e. The van der Waals surface area contributed by atoms with Gasteiger partial charge in [-0.1, -0.05) is 23.7 Å². The molecule has 2 saturated heterocycles. The molecule has 1 aromatic rings. The maximum absolute atomic E-state index is 11.9. The predicted octanol–water partition coefficient (Wildman–Crippen LogP) is 2.68. The summed E-state index contributed by atoms with van der Waals surface area (Å²) in [6.45, 7) is 3.52. The first-order chi connectivity index (χ1) is 9.74. The number of piperidine rings is 1. The lowest BCUT2D eigenvalue weighted by Gasteiger charge is -2.40. The molecule has 0 radical (unpaired) electrons. The van der Waals surface area contributed by atoms with Crippen LogP contribution in [0.1, 0.15) is 24.8 Å². The standard InChI is InChI=1S/C15H20ClN3O/c16-13-6-4-12(5-7-13)11-18-9-2-1-3-14(18)19-10-8-17-15(19)20/h4-7,14H,1-3,8-11H2,(H,17,20). The predicted molar refractivity (Wildman–Crippen MR) is 79.6 cm³/mol. The maximum atomic E-state index is 11.9. The van der Waals surface area contributed by atoms with E-state index in [9.17, 15) is 4.79 Å². The van der Waals surface area contributed by atoms with Crippen molar-refractivity contribution in [3.63, 3.8) is 0 Å². The Hall–Kier alpha value is -1.26. The fraction of sp³-hybridized carbons (Fsp3) is 0.533. The Morgan fingerprint density at radius 1 is 1.20 bits per heavy atom. The second-order valence-corrected chi connectivity index (χ2v) is 5.94. The zero-order valence-electron chi connectivity index (χ0n) is 11.5. The van der Waals surface area contributed by atoms with Crippen LogP contribution in [0.2, 0.25) is 5.02 Å². The van der Waals surface area contributed by atoms with Gasteiger partial charge in [0, 0.05) is 31.2 Å². The van der Waals surface area contributed by atoms with Gasteiger partial charge in [-0.15, -0.1) is 0 Å². The molecule has 0 saturated carbocycles. The molecule has 4 nitrogen and oxygen atoms in total. The fourth-order valence-corrected chi connectivity index (χ4v) is 3.23. The minimum atomic E-state index is 0.0815. The summed E-state index contributed by atoms with van der Waals surface area (Å²) in [5, 5.41) is 3.67. The minimum Gasteiger partial charge on any atom is -0.336 e. The number of benzene rings is 1. The van der Waals surface area contributed by atoms with E-state index < -0.39 is 0 Å². The van der Waals surface area contributed by atoms with E-state index in [1.54, 1.807) is 0 Å². The smallest absolute Gasteiger partial charge is 0.318 e. The minimum absolute atomic E-state index is 0.0815. The fourth-order valence-electron chi connectivity index (χ4n) is 3.11. The van der Waals surface area contributed by atoms with Crippen LogP contribution in [0.5, 0.6) is 0 Å². The highest BCUT2D eigenvalue weighted by Gasteiger charge is 2.33. The molecule has 2 fully saturated rings. The van der Waals surface area contributed by atoms with Gasteiger partial charge >= 0.3 is 6.03 Å². The molecule has 2 aliphatic rings. The Morgan fingerprint density at radius 3 is 2.70 bits per heavy atom. The van der Waals surface area contributed by atoms with Gasteiger partial charge in [-0.3, -0.25) is 4.90 Å². The number of hydrogen-bond donors (Lipinski definition) is 1. The molecule has 1 atom stereocenters. The molecule has 0 aromatic heterocycles. The molecule has 1 N–H and O–H groups in total. The van der Waals surface area contributed by atoms with Gasteiger partial charge in [-0.05, 0) is 37.0 Å². The third kappa shape index (κ3) is 2.91. The van der Waals surface area contributed by atoms with Crippen molar-refractivity contribution < 1.29 is 4.79 Å². The van der Waals surface area contributed by atoms with E-state index in [1.165, 1.54) is 18.4 Å². The molecule has 1 aromatic carbocycles. The quantitative estimate of drug-likeness (QED) is 0.930. The van der Waals surface area contributed by atoms with Gasteiger partial charge in [0.15, 0.2) is 0 Å². The Balaban J connectivity index is 1.71. The first-order valence-electron chi connectivity index (χ1n) is 7.27. The number of carbonyl (C=O) groups excluding carboxylic acids is 1. The molecule has 2 aliphatic heterocycles. The Kier molecular flexibility index (Phi) is 4.13. The van der Waals surface area contributed by atoms with E-state index >= 15 is 0 Å². The van der Waals surface area contributed by atoms with E-state index in [1.807, 2.05) is 17.0 Å². The highest BCUT2D eigenvalue weighted by atomic mass is 35.5. The molecule has 20 heavy (non-hydrogen) atoms. The number of nitrogens with one attached hydrogen (secondary N) is 1. The lowest BCUT2D eigenvalue weighted by molar-refractivity contribution is 0.0419. The van der Waals surface area contributed by atoms with Crippen LogP contribution in [0.4, 0.5) is 4.79 Å². The van der Waals surface area contributed by atoms with Crippen LogP contribution in [-0.4, -0.2) is 41.6 Å². The van der Waals surface area contributed by atoms with E-state index in [0.717, 1.165) is 37.6 Å². The molecule has 1 unspecified atom stereocenters. The Labute approximate surface area is 124 Å². The summed E-state index contributed by atoms with van der Waals surface area (Å²) in [7, 11) is 0. The summed E-state index contributed by atoms with van der Waals surface area (Å²) < 4.78 is 0. The Bertz CT molecular complexity index is 477. The first kappa shape index (κ1) is 13.7. The van der Waals surface area contributed by atoms with Crippen LogP contribution in [0.25, 0.3) is 0 Å². The van der Waals surface area contributed by atoms with Gasteiger partial charge in [0.2, 0.25) is 0 Å². The molecule has 2 amide bonds. The monoisotopic (exact) mass is 293 g/mol. The van der Waals surface area contributed by atoms with E-state index in [0.29, 0.717) is 0 Å². The normalized spacial score (nSPS) is 23.9. The SMILES string of the molecule is O=C1NCCN1C1CCCCN1Cc1ccc(Cl)cc1. The summed E-state index contributed by atoms with van der Waals surface area (Å²) in [6, 6.07) is 8.07. The summed E-state index contributed by atoms with van der Waals surface area (Å²) in [4.78, 5) is 16.3. The van der Waals surface area contributed by atoms with E-state index in [-0.39, 0.29) is 12.2 Å². The summed E-state index contributed by atoms with van der Waals surface area (Å²) in [5.41, 5.74) is 1.25. The van der Waals surface area contributed by atoms with Crippen molar-refractivity contribution in [1.82, 2.24) is 15.1 Å². The highest BCUT2D eigenvalue weighted by molar-refractivity contribution is 6.30. The van der Waals surface area contributed by atoms with Crippen molar-refractivity contribution >= 4 is 17.6 Å². The van der Waals surface area contributed by atoms with Crippen LogP contribution in [-0.2, 0) is 6.54 Å². The zero-order valence-corrected chi connectivity index (χ0v) is 12.3. The van der Waals surface area contributed by atoms with Crippen LogP contribution >= 0.6 is 11.6 Å². The number of hydrogen-bond acceptors (Lipinski definition) is 2. The molecule has 0 aliphatic carbocycles. The molecular weight excluding hydrogens is 274 g/mol. The topological polar surface area (TPSA) is 35.6 Å². The van der Waals surface area contributed by atoms with Gasteiger partial charge in [-0.25, -0.2) is 4.79 Å².